The molecule has 0 spiro atoms. The molecule has 0 radical (unpaired) electrons. The van der Waals surface area contributed by atoms with Gasteiger partial charge in [0.1, 0.15) is 5.75 Å². The van der Waals surface area contributed by atoms with Crippen LogP contribution in [0.1, 0.15) is 24.2 Å². The normalized spacial score (nSPS) is 18.5. The van der Waals surface area contributed by atoms with Crippen molar-refractivity contribution < 1.29 is 5.11 Å². The van der Waals surface area contributed by atoms with Gasteiger partial charge in [-0.2, -0.15) is 0 Å². The summed E-state index contributed by atoms with van der Waals surface area (Å²) in [4.78, 5) is 17.5. The van der Waals surface area contributed by atoms with Crippen molar-refractivity contribution >= 4 is 22.7 Å². The van der Waals surface area contributed by atoms with E-state index in [4.69, 9.17) is 9.97 Å². The molecule has 0 amide bonds. The number of para-hydroxylation sites is 1. The average Bonchev–Trinajstić information content (AvgIpc) is 3.24. The summed E-state index contributed by atoms with van der Waals surface area (Å²) < 4.78 is 0. The maximum Gasteiger partial charge on any atom is 0.225 e. The summed E-state index contributed by atoms with van der Waals surface area (Å²) in [6.07, 6.45) is 4.73. The van der Waals surface area contributed by atoms with Crippen LogP contribution in [-0.4, -0.2) is 63.0 Å². The number of piperazine rings is 1. The maximum atomic E-state index is 10.3. The Balaban J connectivity index is 1.33. The number of aromatic nitrogens is 5. The molecule has 1 aromatic carbocycles. The molecule has 5 heterocycles. The van der Waals surface area contributed by atoms with E-state index in [0.717, 1.165) is 61.8 Å². The highest BCUT2D eigenvalue weighted by Crippen LogP contribution is 2.38. The van der Waals surface area contributed by atoms with Crippen LogP contribution >= 0.6 is 0 Å². The standard InChI is InChI=1S/C24H26N8O/c1-15-22-18-12-20(17-4-2-3-5-21(17)33)29-30-23(18)28-19(22)6-9-32(15)24-26-13-16(14-27-24)31-10-7-25-8-11-31/h2-5,12-15,25,33H,6-11H2,1H3,(H,28,30). The number of phenols is 1. The summed E-state index contributed by atoms with van der Waals surface area (Å²) in [5.41, 5.74) is 5.54. The Bertz CT molecular complexity index is 1300. The highest BCUT2D eigenvalue weighted by Gasteiger charge is 2.30. The molecule has 9 heteroatoms. The minimum Gasteiger partial charge on any atom is -0.507 e. The van der Waals surface area contributed by atoms with Crippen LogP contribution in [0, 0.1) is 0 Å². The zero-order valence-electron chi connectivity index (χ0n) is 18.5. The first-order valence-electron chi connectivity index (χ1n) is 11.4. The van der Waals surface area contributed by atoms with Gasteiger partial charge in [0.25, 0.3) is 0 Å². The Labute approximate surface area is 191 Å². The number of H-pyrrole nitrogens is 1. The lowest BCUT2D eigenvalue weighted by atomic mass is 9.97. The van der Waals surface area contributed by atoms with Gasteiger partial charge in [0.15, 0.2) is 5.65 Å². The summed E-state index contributed by atoms with van der Waals surface area (Å²) in [6, 6.07) is 9.30. The van der Waals surface area contributed by atoms with Crippen LogP contribution < -0.4 is 15.1 Å². The first-order valence-corrected chi connectivity index (χ1v) is 11.4. The van der Waals surface area contributed by atoms with Crippen molar-refractivity contribution in [2.24, 2.45) is 0 Å². The molecule has 1 unspecified atom stereocenters. The smallest absolute Gasteiger partial charge is 0.225 e. The highest BCUT2D eigenvalue weighted by atomic mass is 16.3. The van der Waals surface area contributed by atoms with Crippen molar-refractivity contribution in [3.8, 4) is 17.0 Å². The highest BCUT2D eigenvalue weighted by molar-refractivity contribution is 5.86. The lowest BCUT2D eigenvalue weighted by Crippen LogP contribution is -2.43. The lowest BCUT2D eigenvalue weighted by molar-refractivity contribution is 0.477. The van der Waals surface area contributed by atoms with Gasteiger partial charge < -0.3 is 25.2 Å². The van der Waals surface area contributed by atoms with E-state index in [9.17, 15) is 5.11 Å². The largest absolute Gasteiger partial charge is 0.507 e. The zero-order valence-corrected chi connectivity index (χ0v) is 18.5. The van der Waals surface area contributed by atoms with Crippen LogP contribution in [0.25, 0.3) is 22.3 Å². The van der Waals surface area contributed by atoms with Gasteiger partial charge in [-0.15, -0.1) is 10.2 Å². The number of fused-ring (bicyclic) bond motifs is 3. The summed E-state index contributed by atoms with van der Waals surface area (Å²) in [5.74, 6) is 0.938. The molecule has 1 saturated heterocycles. The van der Waals surface area contributed by atoms with Crippen molar-refractivity contribution in [2.45, 2.75) is 19.4 Å². The Morgan fingerprint density at radius 2 is 1.82 bits per heavy atom. The van der Waals surface area contributed by atoms with Gasteiger partial charge in [0.05, 0.1) is 29.8 Å². The second kappa shape index (κ2) is 8.00. The second-order valence-electron chi connectivity index (χ2n) is 8.62. The van der Waals surface area contributed by atoms with Gasteiger partial charge in [-0.25, -0.2) is 9.97 Å². The van der Waals surface area contributed by atoms with Crippen LogP contribution in [0.5, 0.6) is 5.75 Å². The van der Waals surface area contributed by atoms with Crippen LogP contribution in [0.2, 0.25) is 0 Å². The molecule has 0 saturated carbocycles. The number of hydrogen-bond acceptors (Lipinski definition) is 8. The van der Waals surface area contributed by atoms with Crippen LogP contribution in [0.4, 0.5) is 11.6 Å². The fourth-order valence-electron chi connectivity index (χ4n) is 4.96. The summed E-state index contributed by atoms with van der Waals surface area (Å²) in [6.45, 7) is 6.93. The van der Waals surface area contributed by atoms with Gasteiger partial charge in [-0.05, 0) is 25.1 Å². The SMILES string of the molecule is CC1c2c([nH]c3nnc(-c4ccccc4O)cc23)CCN1c1ncc(N2CCNCC2)cn1. The fourth-order valence-corrected chi connectivity index (χ4v) is 4.96. The fraction of sp³-hybridized carbons (Fsp3) is 0.333. The van der Waals surface area contributed by atoms with E-state index in [1.807, 2.05) is 30.6 Å². The van der Waals surface area contributed by atoms with E-state index in [0.29, 0.717) is 11.3 Å². The number of nitrogens with one attached hydrogen (secondary N) is 2. The van der Waals surface area contributed by atoms with E-state index >= 15 is 0 Å². The van der Waals surface area contributed by atoms with Crippen molar-refractivity contribution in [3.05, 3.63) is 54.0 Å². The molecule has 3 N–H and O–H groups in total. The topological polar surface area (TPSA) is 106 Å². The van der Waals surface area contributed by atoms with E-state index in [1.54, 1.807) is 12.1 Å². The Morgan fingerprint density at radius 1 is 1.03 bits per heavy atom. The quantitative estimate of drug-likeness (QED) is 0.445. The molecular weight excluding hydrogens is 416 g/mol. The van der Waals surface area contributed by atoms with E-state index in [2.05, 4.69) is 37.2 Å². The van der Waals surface area contributed by atoms with Crippen LogP contribution in [-0.2, 0) is 6.42 Å². The molecule has 3 aromatic heterocycles. The van der Waals surface area contributed by atoms with Gasteiger partial charge >= 0.3 is 0 Å². The predicted octanol–water partition coefficient (Wildman–Crippen LogP) is 2.65. The van der Waals surface area contributed by atoms with E-state index < -0.39 is 0 Å². The first kappa shape index (κ1) is 19.9. The number of anilines is 2. The minimum atomic E-state index is 0.0777. The molecule has 2 aliphatic heterocycles. The molecule has 6 rings (SSSR count). The third-order valence-corrected chi connectivity index (χ3v) is 6.71. The Morgan fingerprint density at radius 3 is 2.61 bits per heavy atom. The average molecular weight is 443 g/mol. The predicted molar refractivity (Wildman–Crippen MR) is 128 cm³/mol. The lowest BCUT2D eigenvalue weighted by Gasteiger charge is -2.34. The number of hydrogen-bond donors (Lipinski definition) is 3. The summed E-state index contributed by atoms with van der Waals surface area (Å²) in [7, 11) is 0. The Hall–Kier alpha value is -3.72. The number of phenolic OH excluding ortho intramolecular Hbond substituents is 1. The zero-order chi connectivity index (χ0) is 22.4. The van der Waals surface area contributed by atoms with Crippen molar-refractivity contribution in [2.75, 3.05) is 42.5 Å². The molecule has 2 aliphatic rings. The van der Waals surface area contributed by atoms with Gasteiger partial charge in [-0.3, -0.25) is 0 Å². The number of rotatable bonds is 3. The first-order chi connectivity index (χ1) is 16.2. The molecule has 0 aliphatic carbocycles. The monoisotopic (exact) mass is 442 g/mol. The summed E-state index contributed by atoms with van der Waals surface area (Å²) in [5, 5.41) is 23.4. The molecular formula is C24H26N8O. The molecule has 168 valence electrons. The minimum absolute atomic E-state index is 0.0777. The maximum absolute atomic E-state index is 10.3. The molecule has 9 nitrogen and oxygen atoms in total. The Kier molecular flexibility index (Phi) is 4.83. The molecule has 4 aromatic rings. The van der Waals surface area contributed by atoms with Crippen molar-refractivity contribution in [1.29, 1.82) is 0 Å². The van der Waals surface area contributed by atoms with Gasteiger partial charge in [0, 0.05) is 61.4 Å². The molecule has 1 atom stereocenters. The summed E-state index contributed by atoms with van der Waals surface area (Å²) >= 11 is 0. The van der Waals surface area contributed by atoms with Crippen molar-refractivity contribution in [3.63, 3.8) is 0 Å². The van der Waals surface area contributed by atoms with E-state index in [-0.39, 0.29) is 11.8 Å². The van der Waals surface area contributed by atoms with Crippen molar-refractivity contribution in [1.82, 2.24) is 30.5 Å². The third-order valence-electron chi connectivity index (χ3n) is 6.71. The number of nitrogens with zero attached hydrogens (tertiary/aromatic N) is 6. The molecule has 1 fully saturated rings. The van der Waals surface area contributed by atoms with Gasteiger partial charge in [0.2, 0.25) is 5.95 Å². The van der Waals surface area contributed by atoms with Gasteiger partial charge in [-0.1, -0.05) is 12.1 Å². The molecule has 0 bridgehead atoms. The van der Waals surface area contributed by atoms with E-state index in [1.165, 1.54) is 11.3 Å². The van der Waals surface area contributed by atoms with Crippen LogP contribution in [0.3, 0.4) is 0 Å². The number of benzene rings is 1. The number of aromatic hydroxyl groups is 1. The third kappa shape index (κ3) is 3.45. The molecule has 33 heavy (non-hydrogen) atoms. The van der Waals surface area contributed by atoms with Crippen LogP contribution in [0.15, 0.2) is 42.7 Å². The second-order valence-corrected chi connectivity index (χ2v) is 8.62. The number of aromatic amines is 1.